The zero-order valence-corrected chi connectivity index (χ0v) is 18.1. The van der Waals surface area contributed by atoms with Crippen LogP contribution in [0.3, 0.4) is 0 Å². The molecule has 1 aliphatic rings. The Kier molecular flexibility index (Phi) is 6.51. The van der Waals surface area contributed by atoms with E-state index in [0.717, 1.165) is 54.1 Å². The molecule has 0 atom stereocenters. The summed E-state index contributed by atoms with van der Waals surface area (Å²) in [5.74, 6) is 1.56. The number of aromatic nitrogens is 1. The molecule has 2 aromatic carbocycles. The zero-order valence-electron chi connectivity index (χ0n) is 18.1. The number of likely N-dealkylation sites (tertiary alicyclic amines) is 1. The van der Waals surface area contributed by atoms with Crippen LogP contribution in [0, 0.1) is 0 Å². The lowest BCUT2D eigenvalue weighted by Crippen LogP contribution is -2.36. The number of amides is 1. The standard InChI is InChI=1S/C26H28N2O3/c1-30-21-10-6-19(7-11-21)25(20-8-12-22(31-2)13-9-20)24-18-27-15-14-23(24)26(29)28-16-4-3-5-17-28/h6-15,18,25H,3-5,16-17H2,1-2H3. The first-order chi connectivity index (χ1) is 15.2. The van der Waals surface area contributed by atoms with Crippen molar-refractivity contribution < 1.29 is 14.3 Å². The minimum Gasteiger partial charge on any atom is -0.497 e. The topological polar surface area (TPSA) is 51.7 Å². The van der Waals surface area contributed by atoms with Crippen LogP contribution < -0.4 is 9.47 Å². The van der Waals surface area contributed by atoms with Crippen molar-refractivity contribution in [3.8, 4) is 11.5 Å². The maximum atomic E-state index is 13.4. The van der Waals surface area contributed by atoms with E-state index < -0.39 is 0 Å². The summed E-state index contributed by atoms with van der Waals surface area (Å²) in [7, 11) is 3.32. The smallest absolute Gasteiger partial charge is 0.254 e. The summed E-state index contributed by atoms with van der Waals surface area (Å²) in [6.45, 7) is 1.63. The fourth-order valence-corrected chi connectivity index (χ4v) is 4.24. The van der Waals surface area contributed by atoms with Crippen LogP contribution in [0.2, 0.25) is 0 Å². The fourth-order valence-electron chi connectivity index (χ4n) is 4.24. The van der Waals surface area contributed by atoms with E-state index in [-0.39, 0.29) is 11.8 Å². The predicted molar refractivity (Wildman–Crippen MR) is 121 cm³/mol. The highest BCUT2D eigenvalue weighted by Crippen LogP contribution is 2.35. The lowest BCUT2D eigenvalue weighted by atomic mass is 9.83. The lowest BCUT2D eigenvalue weighted by molar-refractivity contribution is 0.0723. The molecule has 4 rings (SSSR count). The number of hydrogen-bond donors (Lipinski definition) is 0. The SMILES string of the molecule is COc1ccc(C(c2ccc(OC)cc2)c2cnccc2C(=O)N2CCCCC2)cc1. The molecule has 1 fully saturated rings. The Bertz CT molecular complexity index is 962. The molecular weight excluding hydrogens is 388 g/mol. The Labute approximate surface area is 183 Å². The molecule has 3 aromatic rings. The van der Waals surface area contributed by atoms with Crippen molar-refractivity contribution in [2.24, 2.45) is 0 Å². The number of carbonyl (C=O) groups is 1. The van der Waals surface area contributed by atoms with Crippen molar-refractivity contribution in [2.75, 3.05) is 27.3 Å². The van der Waals surface area contributed by atoms with Crippen LogP contribution in [0.25, 0.3) is 0 Å². The fraction of sp³-hybridized carbons (Fsp3) is 0.308. The molecule has 0 spiro atoms. The highest BCUT2D eigenvalue weighted by molar-refractivity contribution is 5.96. The van der Waals surface area contributed by atoms with Crippen LogP contribution in [-0.4, -0.2) is 43.1 Å². The minimum atomic E-state index is -0.130. The molecule has 0 bridgehead atoms. The van der Waals surface area contributed by atoms with Crippen molar-refractivity contribution in [3.63, 3.8) is 0 Å². The molecular formula is C26H28N2O3. The van der Waals surface area contributed by atoms with E-state index in [0.29, 0.717) is 5.56 Å². The Morgan fingerprint density at radius 3 is 1.90 bits per heavy atom. The first-order valence-corrected chi connectivity index (χ1v) is 10.7. The summed E-state index contributed by atoms with van der Waals surface area (Å²) in [6.07, 6.45) is 6.85. The van der Waals surface area contributed by atoms with E-state index in [1.165, 1.54) is 6.42 Å². The molecule has 2 heterocycles. The van der Waals surface area contributed by atoms with Gasteiger partial charge in [-0.3, -0.25) is 9.78 Å². The van der Waals surface area contributed by atoms with Crippen molar-refractivity contribution in [1.82, 2.24) is 9.88 Å². The molecule has 31 heavy (non-hydrogen) atoms. The van der Waals surface area contributed by atoms with Crippen LogP contribution in [-0.2, 0) is 0 Å². The molecule has 5 nitrogen and oxygen atoms in total. The van der Waals surface area contributed by atoms with Crippen molar-refractivity contribution in [3.05, 3.63) is 89.2 Å². The largest absolute Gasteiger partial charge is 0.497 e. The van der Waals surface area contributed by atoms with E-state index in [4.69, 9.17) is 9.47 Å². The molecule has 1 saturated heterocycles. The van der Waals surface area contributed by atoms with E-state index >= 15 is 0 Å². The summed E-state index contributed by atoms with van der Waals surface area (Å²) < 4.78 is 10.7. The van der Waals surface area contributed by atoms with Gasteiger partial charge in [-0.2, -0.15) is 0 Å². The minimum absolute atomic E-state index is 0.0872. The normalized spacial score (nSPS) is 13.8. The van der Waals surface area contributed by atoms with Gasteiger partial charge in [-0.25, -0.2) is 0 Å². The van der Waals surface area contributed by atoms with Gasteiger partial charge in [0.2, 0.25) is 0 Å². The first-order valence-electron chi connectivity index (χ1n) is 10.7. The Morgan fingerprint density at radius 2 is 1.39 bits per heavy atom. The molecule has 5 heteroatoms. The number of rotatable bonds is 6. The average Bonchev–Trinajstić information content (AvgIpc) is 2.85. The van der Waals surface area contributed by atoms with Crippen LogP contribution >= 0.6 is 0 Å². The van der Waals surface area contributed by atoms with Crippen molar-refractivity contribution in [1.29, 1.82) is 0 Å². The van der Waals surface area contributed by atoms with Crippen molar-refractivity contribution in [2.45, 2.75) is 25.2 Å². The second-order valence-electron chi connectivity index (χ2n) is 7.80. The third-order valence-electron chi connectivity index (χ3n) is 5.93. The number of piperidine rings is 1. The number of benzene rings is 2. The Hall–Kier alpha value is -3.34. The quantitative estimate of drug-likeness (QED) is 0.573. The zero-order chi connectivity index (χ0) is 21.6. The number of hydrogen-bond acceptors (Lipinski definition) is 4. The maximum Gasteiger partial charge on any atom is 0.254 e. The number of carbonyl (C=O) groups excluding carboxylic acids is 1. The molecule has 0 unspecified atom stereocenters. The summed E-state index contributed by atoms with van der Waals surface area (Å²) in [5.41, 5.74) is 3.78. The van der Waals surface area contributed by atoms with Gasteiger partial charge in [-0.1, -0.05) is 24.3 Å². The summed E-state index contributed by atoms with van der Waals surface area (Å²) >= 11 is 0. The summed E-state index contributed by atoms with van der Waals surface area (Å²) in [4.78, 5) is 19.8. The Balaban J connectivity index is 1.80. The number of nitrogens with zero attached hydrogens (tertiary/aromatic N) is 2. The molecule has 1 aliphatic heterocycles. The van der Waals surface area contributed by atoms with Crippen LogP contribution in [0.5, 0.6) is 11.5 Å². The average molecular weight is 417 g/mol. The van der Waals surface area contributed by atoms with Gasteiger partial charge in [0.25, 0.3) is 5.91 Å². The lowest BCUT2D eigenvalue weighted by Gasteiger charge is -2.29. The van der Waals surface area contributed by atoms with Gasteiger partial charge in [0, 0.05) is 37.0 Å². The van der Waals surface area contributed by atoms with Gasteiger partial charge in [0.1, 0.15) is 11.5 Å². The van der Waals surface area contributed by atoms with Gasteiger partial charge in [-0.15, -0.1) is 0 Å². The molecule has 0 radical (unpaired) electrons. The van der Waals surface area contributed by atoms with Gasteiger partial charge in [0.15, 0.2) is 0 Å². The van der Waals surface area contributed by atoms with Gasteiger partial charge in [0.05, 0.1) is 14.2 Å². The Morgan fingerprint density at radius 1 is 0.839 bits per heavy atom. The van der Waals surface area contributed by atoms with Crippen molar-refractivity contribution >= 4 is 5.91 Å². The van der Waals surface area contributed by atoms with Crippen LogP contribution in [0.15, 0.2) is 67.0 Å². The van der Waals surface area contributed by atoms with E-state index in [9.17, 15) is 4.79 Å². The third kappa shape index (κ3) is 4.55. The van der Waals surface area contributed by atoms with Gasteiger partial charge in [-0.05, 0) is 66.3 Å². The molecule has 1 aromatic heterocycles. The molecule has 1 amide bonds. The number of methoxy groups -OCH3 is 2. The number of pyridine rings is 1. The monoisotopic (exact) mass is 416 g/mol. The van der Waals surface area contributed by atoms with Gasteiger partial charge < -0.3 is 14.4 Å². The highest BCUT2D eigenvalue weighted by atomic mass is 16.5. The van der Waals surface area contributed by atoms with Crippen LogP contribution in [0.4, 0.5) is 0 Å². The molecule has 0 aliphatic carbocycles. The van der Waals surface area contributed by atoms with E-state index in [1.54, 1.807) is 20.4 Å². The summed E-state index contributed by atoms with van der Waals surface area (Å²) in [6, 6.07) is 17.9. The second-order valence-corrected chi connectivity index (χ2v) is 7.80. The van der Waals surface area contributed by atoms with E-state index in [1.807, 2.05) is 41.4 Å². The molecule has 0 N–H and O–H groups in total. The maximum absolute atomic E-state index is 13.4. The second kappa shape index (κ2) is 9.65. The number of ether oxygens (including phenoxy) is 2. The van der Waals surface area contributed by atoms with Crippen LogP contribution in [0.1, 0.15) is 52.2 Å². The molecule has 160 valence electrons. The highest BCUT2D eigenvalue weighted by Gasteiger charge is 2.26. The summed E-state index contributed by atoms with van der Waals surface area (Å²) in [5, 5.41) is 0. The predicted octanol–water partition coefficient (Wildman–Crippen LogP) is 4.91. The molecule has 0 saturated carbocycles. The first kappa shape index (κ1) is 20.9. The third-order valence-corrected chi connectivity index (χ3v) is 5.93. The van der Waals surface area contributed by atoms with E-state index in [2.05, 4.69) is 29.2 Å². The van der Waals surface area contributed by atoms with Gasteiger partial charge >= 0.3 is 0 Å².